The van der Waals surface area contributed by atoms with Crippen LogP contribution in [-0.2, 0) is 9.59 Å². The molecule has 1 aromatic carbocycles. The average Bonchev–Trinajstić information content (AvgIpc) is 3.16. The number of hydrogen-bond acceptors (Lipinski definition) is 5. The highest BCUT2D eigenvalue weighted by Crippen LogP contribution is 2.21. The molecule has 0 bridgehead atoms. The van der Waals surface area contributed by atoms with Gasteiger partial charge in [0.2, 0.25) is 11.8 Å². The molecule has 140 valence electrons. The van der Waals surface area contributed by atoms with Crippen molar-refractivity contribution >= 4 is 40.3 Å². The van der Waals surface area contributed by atoms with Gasteiger partial charge in [-0.05, 0) is 24.5 Å². The minimum atomic E-state index is -0.623. The lowest BCUT2D eigenvalue weighted by molar-refractivity contribution is -0.130. The van der Waals surface area contributed by atoms with Crippen LogP contribution >= 0.6 is 11.3 Å². The molecule has 1 saturated heterocycles. The summed E-state index contributed by atoms with van der Waals surface area (Å²) >= 11 is 1.16. The first kappa shape index (κ1) is 18.8. The number of aromatic nitrogens is 1. The van der Waals surface area contributed by atoms with Gasteiger partial charge in [-0.1, -0.05) is 30.3 Å². The van der Waals surface area contributed by atoms with Crippen LogP contribution in [0.15, 0.2) is 41.8 Å². The van der Waals surface area contributed by atoms with Gasteiger partial charge >= 0.3 is 0 Å². The van der Waals surface area contributed by atoms with Crippen molar-refractivity contribution in [2.24, 2.45) is 11.7 Å². The molecule has 3 rings (SSSR count). The summed E-state index contributed by atoms with van der Waals surface area (Å²) in [6.45, 7) is 1.06. The van der Waals surface area contributed by atoms with Gasteiger partial charge in [0.25, 0.3) is 5.91 Å². The first-order valence-corrected chi connectivity index (χ1v) is 9.49. The first-order valence-electron chi connectivity index (χ1n) is 8.61. The molecule has 0 atom stereocenters. The molecule has 0 spiro atoms. The number of hydrogen-bond donors (Lipinski definition) is 2. The fraction of sp³-hybridized carbons (Fsp3) is 0.263. The zero-order valence-corrected chi connectivity index (χ0v) is 15.4. The fourth-order valence-electron chi connectivity index (χ4n) is 2.85. The molecule has 27 heavy (non-hydrogen) atoms. The van der Waals surface area contributed by atoms with E-state index < -0.39 is 5.91 Å². The number of carbonyl (C=O) groups is 3. The summed E-state index contributed by atoms with van der Waals surface area (Å²) in [6, 6.07) is 9.63. The Kier molecular flexibility index (Phi) is 5.97. The van der Waals surface area contributed by atoms with Crippen LogP contribution in [0.2, 0.25) is 0 Å². The second-order valence-electron chi connectivity index (χ2n) is 6.23. The van der Waals surface area contributed by atoms with Crippen molar-refractivity contribution in [1.29, 1.82) is 0 Å². The van der Waals surface area contributed by atoms with Crippen molar-refractivity contribution in [1.82, 2.24) is 9.88 Å². The van der Waals surface area contributed by atoms with Crippen molar-refractivity contribution in [2.45, 2.75) is 12.8 Å². The van der Waals surface area contributed by atoms with Crippen molar-refractivity contribution in [2.75, 3.05) is 18.4 Å². The van der Waals surface area contributed by atoms with Gasteiger partial charge in [-0.15, -0.1) is 11.3 Å². The molecule has 0 aliphatic carbocycles. The summed E-state index contributed by atoms with van der Waals surface area (Å²) in [4.78, 5) is 41.4. The van der Waals surface area contributed by atoms with Crippen LogP contribution in [0, 0.1) is 5.92 Å². The number of piperidine rings is 1. The molecular weight excluding hydrogens is 364 g/mol. The number of primary amides is 1. The van der Waals surface area contributed by atoms with Crippen molar-refractivity contribution < 1.29 is 14.4 Å². The summed E-state index contributed by atoms with van der Waals surface area (Å²) in [5.74, 6) is -1.01. The number of benzene rings is 1. The molecule has 1 fully saturated rings. The van der Waals surface area contributed by atoms with Gasteiger partial charge < -0.3 is 16.0 Å². The van der Waals surface area contributed by atoms with Crippen LogP contribution < -0.4 is 11.1 Å². The maximum atomic E-state index is 12.4. The van der Waals surface area contributed by atoms with Crippen molar-refractivity contribution in [3.8, 4) is 0 Å². The Morgan fingerprint density at radius 1 is 1.19 bits per heavy atom. The lowest BCUT2D eigenvalue weighted by atomic mass is 9.96. The molecule has 3 N–H and O–H groups in total. The van der Waals surface area contributed by atoms with E-state index in [-0.39, 0.29) is 23.4 Å². The number of thiazole rings is 1. The second kappa shape index (κ2) is 8.59. The molecule has 2 heterocycles. The minimum absolute atomic E-state index is 0.0521. The highest BCUT2D eigenvalue weighted by Gasteiger charge is 2.27. The van der Waals surface area contributed by atoms with E-state index >= 15 is 0 Å². The van der Waals surface area contributed by atoms with Gasteiger partial charge in [0.05, 0.1) is 0 Å². The van der Waals surface area contributed by atoms with E-state index in [2.05, 4.69) is 10.3 Å². The summed E-state index contributed by atoms with van der Waals surface area (Å²) in [7, 11) is 0. The van der Waals surface area contributed by atoms with E-state index in [0.29, 0.717) is 31.1 Å². The van der Waals surface area contributed by atoms with Gasteiger partial charge in [-0.3, -0.25) is 14.4 Å². The lowest BCUT2D eigenvalue weighted by Gasteiger charge is -2.30. The normalized spacial score (nSPS) is 15.0. The van der Waals surface area contributed by atoms with E-state index in [1.54, 1.807) is 17.1 Å². The quantitative estimate of drug-likeness (QED) is 0.770. The SMILES string of the molecule is NC(=O)c1csc(NC(=O)C2CCN(C(=O)/C=C/c3ccccc3)CC2)n1. The third kappa shape index (κ3) is 5.01. The molecular formula is C19H20N4O3S. The van der Waals surface area contributed by atoms with Crippen LogP contribution in [0.3, 0.4) is 0 Å². The number of nitrogens with zero attached hydrogens (tertiary/aromatic N) is 2. The molecule has 1 aromatic heterocycles. The standard InChI is InChI=1S/C19H20N4O3S/c20-17(25)15-12-27-19(21-15)22-18(26)14-8-10-23(11-9-14)16(24)7-6-13-4-2-1-3-5-13/h1-7,12,14H,8-11H2,(H2,20,25)(H,21,22,26)/b7-6+. The molecule has 8 heteroatoms. The summed E-state index contributed by atoms with van der Waals surface area (Å²) in [6.07, 6.45) is 4.53. The Bertz CT molecular complexity index is 855. The van der Waals surface area contributed by atoms with Gasteiger partial charge in [0.15, 0.2) is 5.13 Å². The maximum absolute atomic E-state index is 12.4. The number of carbonyl (C=O) groups excluding carboxylic acids is 3. The van der Waals surface area contributed by atoms with E-state index in [4.69, 9.17) is 5.73 Å². The molecule has 0 unspecified atom stereocenters. The minimum Gasteiger partial charge on any atom is -0.364 e. The Hall–Kier alpha value is -3.00. The number of anilines is 1. The van der Waals surface area contributed by atoms with Crippen molar-refractivity contribution in [3.05, 3.63) is 53.0 Å². The largest absolute Gasteiger partial charge is 0.364 e. The molecule has 7 nitrogen and oxygen atoms in total. The zero-order valence-electron chi connectivity index (χ0n) is 14.6. The van der Waals surface area contributed by atoms with Crippen molar-refractivity contribution in [3.63, 3.8) is 0 Å². The Morgan fingerprint density at radius 2 is 1.89 bits per heavy atom. The third-order valence-electron chi connectivity index (χ3n) is 4.38. The monoisotopic (exact) mass is 384 g/mol. The van der Waals surface area contributed by atoms with Crippen LogP contribution in [-0.4, -0.2) is 40.7 Å². The summed E-state index contributed by atoms with van der Waals surface area (Å²) in [5.41, 5.74) is 6.27. The predicted molar refractivity (Wildman–Crippen MR) is 104 cm³/mol. The summed E-state index contributed by atoms with van der Waals surface area (Å²) < 4.78 is 0. The van der Waals surface area contributed by atoms with E-state index in [1.165, 1.54) is 5.38 Å². The van der Waals surface area contributed by atoms with Gasteiger partial charge in [0.1, 0.15) is 5.69 Å². The van der Waals surface area contributed by atoms with Gasteiger partial charge in [0, 0.05) is 30.5 Å². The number of nitrogens with one attached hydrogen (secondary N) is 1. The number of nitrogens with two attached hydrogens (primary N) is 1. The highest BCUT2D eigenvalue weighted by molar-refractivity contribution is 7.14. The molecule has 0 saturated carbocycles. The van der Waals surface area contributed by atoms with E-state index in [1.807, 2.05) is 30.3 Å². The number of likely N-dealkylation sites (tertiary alicyclic amines) is 1. The van der Waals surface area contributed by atoms with Gasteiger partial charge in [-0.2, -0.15) is 0 Å². The fourth-order valence-corrected chi connectivity index (χ4v) is 3.55. The predicted octanol–water partition coefficient (Wildman–Crippen LogP) is 2.13. The van der Waals surface area contributed by atoms with Crippen LogP contribution in [0.4, 0.5) is 5.13 Å². The third-order valence-corrected chi connectivity index (χ3v) is 5.14. The summed E-state index contributed by atoms with van der Waals surface area (Å²) in [5, 5.41) is 4.59. The first-order chi connectivity index (χ1) is 13.0. The lowest BCUT2D eigenvalue weighted by Crippen LogP contribution is -2.40. The van der Waals surface area contributed by atoms with Crippen LogP contribution in [0.25, 0.3) is 6.08 Å². The zero-order chi connectivity index (χ0) is 19.2. The molecule has 0 radical (unpaired) electrons. The second-order valence-corrected chi connectivity index (χ2v) is 7.09. The molecule has 1 aliphatic heterocycles. The Morgan fingerprint density at radius 3 is 2.52 bits per heavy atom. The molecule has 3 amide bonds. The smallest absolute Gasteiger partial charge is 0.268 e. The maximum Gasteiger partial charge on any atom is 0.268 e. The number of rotatable bonds is 5. The molecule has 1 aliphatic rings. The van der Waals surface area contributed by atoms with Crippen LogP contribution in [0.5, 0.6) is 0 Å². The Labute approximate surface area is 160 Å². The van der Waals surface area contributed by atoms with Gasteiger partial charge in [-0.25, -0.2) is 4.98 Å². The topological polar surface area (TPSA) is 105 Å². The van der Waals surface area contributed by atoms with E-state index in [9.17, 15) is 14.4 Å². The Balaban J connectivity index is 1.49. The number of amides is 3. The average molecular weight is 384 g/mol. The molecule has 2 aromatic rings. The van der Waals surface area contributed by atoms with Crippen LogP contribution in [0.1, 0.15) is 28.9 Å². The highest BCUT2D eigenvalue weighted by atomic mass is 32.1. The van der Waals surface area contributed by atoms with E-state index in [0.717, 1.165) is 16.9 Å².